The van der Waals surface area contributed by atoms with Crippen molar-refractivity contribution in [2.45, 2.75) is 58.9 Å². The molecule has 150 valence electrons. The van der Waals surface area contributed by atoms with Crippen LogP contribution in [0.1, 0.15) is 55.2 Å². The van der Waals surface area contributed by atoms with Crippen molar-refractivity contribution in [1.82, 2.24) is 14.2 Å². The highest BCUT2D eigenvalue weighted by Crippen LogP contribution is 2.39. The van der Waals surface area contributed by atoms with Gasteiger partial charge >= 0.3 is 0 Å². The summed E-state index contributed by atoms with van der Waals surface area (Å²) >= 11 is 0. The van der Waals surface area contributed by atoms with Crippen LogP contribution >= 0.6 is 0 Å². The van der Waals surface area contributed by atoms with Crippen LogP contribution in [-0.2, 0) is 0 Å². The second-order valence-electron chi connectivity index (χ2n) is 8.46. The minimum atomic E-state index is 0.631. The molecule has 0 bridgehead atoms. The highest BCUT2D eigenvalue weighted by atomic mass is 16.5. The minimum Gasteiger partial charge on any atom is -0.497 e. The Hall–Kier alpha value is -2.75. The average molecular weight is 388 g/mol. The Labute approximate surface area is 172 Å². The fraction of sp³-hybridized carbons (Fsp3) is 0.400. The van der Waals surface area contributed by atoms with Crippen LogP contribution in [0.25, 0.3) is 27.4 Å². The van der Waals surface area contributed by atoms with E-state index in [0.29, 0.717) is 6.04 Å². The van der Waals surface area contributed by atoms with Gasteiger partial charge in [0.2, 0.25) is 0 Å². The Morgan fingerprint density at radius 2 is 1.59 bits per heavy atom. The topological polar surface area (TPSA) is 31.5 Å². The van der Waals surface area contributed by atoms with E-state index in [1.165, 1.54) is 70.9 Å². The molecule has 1 aliphatic rings. The lowest BCUT2D eigenvalue weighted by atomic mass is 9.95. The summed E-state index contributed by atoms with van der Waals surface area (Å²) in [5, 5.41) is 7.62. The molecule has 5 rings (SSSR count). The lowest BCUT2D eigenvalue weighted by Crippen LogP contribution is -2.15. The van der Waals surface area contributed by atoms with E-state index in [4.69, 9.17) is 9.84 Å². The number of fused-ring (bicyclic) bond motifs is 3. The van der Waals surface area contributed by atoms with E-state index in [0.717, 1.165) is 11.4 Å². The lowest BCUT2D eigenvalue weighted by molar-refractivity contribution is 0.346. The Kier molecular flexibility index (Phi) is 4.38. The predicted molar refractivity (Wildman–Crippen MR) is 119 cm³/mol. The molecule has 3 heterocycles. The number of aryl methyl sites for hydroxylation is 3. The third kappa shape index (κ3) is 2.85. The predicted octanol–water partition coefficient (Wildman–Crippen LogP) is 6.40. The van der Waals surface area contributed by atoms with Gasteiger partial charge in [0.1, 0.15) is 5.75 Å². The summed E-state index contributed by atoms with van der Waals surface area (Å²) in [4.78, 5) is 0. The molecule has 1 fully saturated rings. The number of hydrogen-bond donors (Lipinski definition) is 0. The lowest BCUT2D eigenvalue weighted by Gasteiger charge is -2.26. The third-order valence-electron chi connectivity index (χ3n) is 6.74. The first-order chi connectivity index (χ1) is 14.1. The molecule has 29 heavy (non-hydrogen) atoms. The Morgan fingerprint density at radius 3 is 2.28 bits per heavy atom. The summed E-state index contributed by atoms with van der Waals surface area (Å²) in [6, 6.07) is 11.2. The van der Waals surface area contributed by atoms with Crippen molar-refractivity contribution in [3.63, 3.8) is 0 Å². The zero-order chi connectivity index (χ0) is 20.1. The quantitative estimate of drug-likeness (QED) is 0.407. The molecular formula is C25H29N3O. The van der Waals surface area contributed by atoms with Gasteiger partial charge in [0.15, 0.2) is 0 Å². The van der Waals surface area contributed by atoms with Crippen LogP contribution in [0, 0.1) is 20.8 Å². The summed E-state index contributed by atoms with van der Waals surface area (Å²) in [5.41, 5.74) is 7.45. The monoisotopic (exact) mass is 387 g/mol. The summed E-state index contributed by atoms with van der Waals surface area (Å²) in [6.45, 7) is 6.72. The van der Waals surface area contributed by atoms with Crippen LogP contribution < -0.4 is 4.74 Å². The number of ether oxygens (including phenoxy) is 1. The molecule has 4 nitrogen and oxygen atoms in total. The first-order valence-corrected chi connectivity index (χ1v) is 10.7. The maximum Gasteiger partial charge on any atom is 0.118 e. The molecule has 0 spiro atoms. The van der Waals surface area contributed by atoms with E-state index < -0.39 is 0 Å². The smallest absolute Gasteiger partial charge is 0.118 e. The second kappa shape index (κ2) is 6.94. The number of hydrogen-bond acceptors (Lipinski definition) is 2. The zero-order valence-electron chi connectivity index (χ0n) is 17.8. The van der Waals surface area contributed by atoms with Crippen molar-refractivity contribution in [2.24, 2.45) is 0 Å². The summed E-state index contributed by atoms with van der Waals surface area (Å²) in [6.07, 6.45) is 8.81. The molecule has 0 N–H and O–H groups in total. The molecular weight excluding hydrogens is 358 g/mol. The zero-order valence-corrected chi connectivity index (χ0v) is 17.8. The SMILES string of the molecule is COc1ccc(-c2cc3c4c(C)n(C5CCCCC5)c(C)c4c(C)nn3c2)cc1. The van der Waals surface area contributed by atoms with Gasteiger partial charge < -0.3 is 9.30 Å². The molecule has 4 aromatic rings. The van der Waals surface area contributed by atoms with Crippen molar-refractivity contribution in [1.29, 1.82) is 0 Å². The van der Waals surface area contributed by atoms with Gasteiger partial charge in [-0.15, -0.1) is 0 Å². The molecule has 0 aliphatic heterocycles. The largest absolute Gasteiger partial charge is 0.497 e. The molecule has 0 radical (unpaired) electrons. The highest BCUT2D eigenvalue weighted by molar-refractivity contribution is 6.02. The van der Waals surface area contributed by atoms with Crippen LogP contribution in [0.15, 0.2) is 36.5 Å². The first-order valence-electron chi connectivity index (χ1n) is 10.7. The Bertz CT molecular complexity index is 1190. The molecule has 0 unspecified atom stereocenters. The summed E-state index contributed by atoms with van der Waals surface area (Å²) in [5.74, 6) is 0.880. The van der Waals surface area contributed by atoms with Crippen LogP contribution in [0.2, 0.25) is 0 Å². The maximum atomic E-state index is 5.31. The van der Waals surface area contributed by atoms with E-state index in [1.54, 1.807) is 7.11 Å². The molecule has 1 aliphatic carbocycles. The van der Waals surface area contributed by atoms with E-state index in [1.807, 2.05) is 12.1 Å². The normalized spacial score (nSPS) is 15.4. The van der Waals surface area contributed by atoms with Crippen molar-refractivity contribution in [3.8, 4) is 16.9 Å². The molecule has 1 saturated carbocycles. The fourth-order valence-electron chi connectivity index (χ4n) is 5.37. The molecule has 4 heteroatoms. The van der Waals surface area contributed by atoms with Gasteiger partial charge in [0.25, 0.3) is 0 Å². The van der Waals surface area contributed by atoms with Crippen LogP contribution in [0.5, 0.6) is 5.75 Å². The molecule has 1 aromatic carbocycles. The van der Waals surface area contributed by atoms with Crippen molar-refractivity contribution in [2.75, 3.05) is 7.11 Å². The van der Waals surface area contributed by atoms with Crippen molar-refractivity contribution >= 4 is 16.3 Å². The van der Waals surface area contributed by atoms with Crippen LogP contribution in [-0.4, -0.2) is 21.3 Å². The standard InChI is InChI=1S/C25H29N3O/c1-16-24-17(2)28(21-8-6-5-7-9-21)18(3)25(24)23-14-20(15-27(23)26-16)19-10-12-22(29-4)13-11-19/h10-15,21H,5-9H2,1-4H3. The van der Waals surface area contributed by atoms with Gasteiger partial charge in [0.05, 0.1) is 18.3 Å². The second-order valence-corrected chi connectivity index (χ2v) is 8.46. The maximum absolute atomic E-state index is 5.31. The molecule has 0 amide bonds. The van der Waals surface area contributed by atoms with E-state index in [2.05, 4.69) is 54.2 Å². The number of aromatic nitrogens is 3. The van der Waals surface area contributed by atoms with Crippen molar-refractivity contribution < 1.29 is 4.74 Å². The van der Waals surface area contributed by atoms with Gasteiger partial charge in [-0.2, -0.15) is 5.10 Å². The summed E-state index contributed by atoms with van der Waals surface area (Å²) < 4.78 is 9.98. The fourth-order valence-corrected chi connectivity index (χ4v) is 5.37. The number of rotatable bonds is 3. The van der Waals surface area contributed by atoms with E-state index in [9.17, 15) is 0 Å². The first kappa shape index (κ1) is 18.3. The highest BCUT2D eigenvalue weighted by Gasteiger charge is 2.24. The van der Waals surface area contributed by atoms with Gasteiger partial charge in [-0.25, -0.2) is 4.52 Å². The average Bonchev–Trinajstić information content (AvgIpc) is 3.27. The van der Waals surface area contributed by atoms with Gasteiger partial charge in [0, 0.05) is 40.0 Å². The van der Waals surface area contributed by atoms with Gasteiger partial charge in [-0.05, 0) is 57.4 Å². The third-order valence-corrected chi connectivity index (χ3v) is 6.74. The van der Waals surface area contributed by atoms with E-state index >= 15 is 0 Å². The number of benzene rings is 1. The summed E-state index contributed by atoms with van der Waals surface area (Å²) in [7, 11) is 1.70. The van der Waals surface area contributed by atoms with Gasteiger partial charge in [-0.3, -0.25) is 0 Å². The van der Waals surface area contributed by atoms with E-state index in [-0.39, 0.29) is 0 Å². The molecule has 3 aromatic heterocycles. The van der Waals surface area contributed by atoms with Crippen molar-refractivity contribution in [3.05, 3.63) is 53.6 Å². The molecule has 0 saturated heterocycles. The minimum absolute atomic E-state index is 0.631. The Morgan fingerprint density at radius 1 is 0.897 bits per heavy atom. The van der Waals surface area contributed by atoms with Crippen LogP contribution in [0.3, 0.4) is 0 Å². The number of nitrogens with zero attached hydrogens (tertiary/aromatic N) is 3. The molecule has 0 atom stereocenters. The van der Waals surface area contributed by atoms with Gasteiger partial charge in [-0.1, -0.05) is 31.4 Å². The van der Waals surface area contributed by atoms with Crippen LogP contribution in [0.4, 0.5) is 0 Å². The Balaban J connectivity index is 1.72. The number of methoxy groups -OCH3 is 1.